The number of carbonyl (C=O) groups excluding carboxylic acids is 2. The summed E-state index contributed by atoms with van der Waals surface area (Å²) in [4.78, 5) is 25.4. The topological polar surface area (TPSA) is 67.9 Å². The molecular formula is C20H24N2O4. The van der Waals surface area contributed by atoms with Crippen LogP contribution in [0.4, 0.5) is 0 Å². The molecule has 0 aliphatic heterocycles. The Morgan fingerprint density at radius 2 is 1.69 bits per heavy atom. The lowest BCUT2D eigenvalue weighted by molar-refractivity contribution is -0.130. The Kier molecular flexibility index (Phi) is 7.02. The van der Waals surface area contributed by atoms with E-state index in [2.05, 4.69) is 5.32 Å². The van der Waals surface area contributed by atoms with Gasteiger partial charge in [-0.25, -0.2) is 0 Å². The summed E-state index contributed by atoms with van der Waals surface area (Å²) in [5.74, 6) is 1.12. The molecule has 0 bridgehead atoms. The standard InChI is InChI=1S/C20H24N2O4/c1-21-20(24)16-10-8-15(9-11-16)14-22(2)19(23)12-13-26-18-7-5-4-6-17(18)25-3/h4-11H,12-14H2,1-3H3,(H,21,24). The maximum atomic E-state index is 12.3. The summed E-state index contributed by atoms with van der Waals surface area (Å²) in [6.45, 7) is 0.751. The van der Waals surface area contributed by atoms with Gasteiger partial charge in [-0.05, 0) is 29.8 Å². The van der Waals surface area contributed by atoms with Crippen LogP contribution in [0.15, 0.2) is 48.5 Å². The van der Waals surface area contributed by atoms with Crippen LogP contribution in [0.3, 0.4) is 0 Å². The summed E-state index contributed by atoms with van der Waals surface area (Å²) in [5.41, 5.74) is 1.55. The molecule has 0 fully saturated rings. The van der Waals surface area contributed by atoms with Crippen LogP contribution < -0.4 is 14.8 Å². The van der Waals surface area contributed by atoms with Crippen molar-refractivity contribution in [1.82, 2.24) is 10.2 Å². The van der Waals surface area contributed by atoms with Crippen molar-refractivity contribution < 1.29 is 19.1 Å². The zero-order valence-corrected chi connectivity index (χ0v) is 15.3. The first-order chi connectivity index (χ1) is 12.5. The highest BCUT2D eigenvalue weighted by Crippen LogP contribution is 2.25. The molecule has 0 heterocycles. The first-order valence-electron chi connectivity index (χ1n) is 8.36. The Hall–Kier alpha value is -3.02. The zero-order chi connectivity index (χ0) is 18.9. The fourth-order valence-corrected chi connectivity index (χ4v) is 2.45. The number of hydrogen-bond donors (Lipinski definition) is 1. The molecule has 6 heteroatoms. The predicted octanol–water partition coefficient (Wildman–Crippen LogP) is 2.48. The summed E-state index contributed by atoms with van der Waals surface area (Å²) >= 11 is 0. The van der Waals surface area contributed by atoms with E-state index < -0.39 is 0 Å². The summed E-state index contributed by atoms with van der Waals surface area (Å²) in [7, 11) is 4.92. The third kappa shape index (κ3) is 5.24. The van der Waals surface area contributed by atoms with Crippen molar-refractivity contribution >= 4 is 11.8 Å². The van der Waals surface area contributed by atoms with E-state index >= 15 is 0 Å². The molecule has 0 aliphatic carbocycles. The van der Waals surface area contributed by atoms with Gasteiger partial charge in [0, 0.05) is 26.2 Å². The number of ether oxygens (including phenoxy) is 2. The van der Waals surface area contributed by atoms with Crippen molar-refractivity contribution in [2.24, 2.45) is 0 Å². The number of para-hydroxylation sites is 2. The molecule has 138 valence electrons. The van der Waals surface area contributed by atoms with Crippen LogP contribution in [-0.2, 0) is 11.3 Å². The van der Waals surface area contributed by atoms with Gasteiger partial charge in [0.15, 0.2) is 11.5 Å². The van der Waals surface area contributed by atoms with Gasteiger partial charge in [-0.1, -0.05) is 24.3 Å². The minimum absolute atomic E-state index is 0.0183. The summed E-state index contributed by atoms with van der Waals surface area (Å²) in [5, 5.41) is 2.58. The maximum Gasteiger partial charge on any atom is 0.251 e. The van der Waals surface area contributed by atoms with Gasteiger partial charge in [0.05, 0.1) is 20.1 Å². The van der Waals surface area contributed by atoms with E-state index in [0.717, 1.165) is 5.56 Å². The van der Waals surface area contributed by atoms with E-state index in [1.807, 2.05) is 30.3 Å². The largest absolute Gasteiger partial charge is 0.493 e. The molecule has 2 amide bonds. The lowest BCUT2D eigenvalue weighted by Crippen LogP contribution is -2.27. The van der Waals surface area contributed by atoms with E-state index in [-0.39, 0.29) is 24.8 Å². The van der Waals surface area contributed by atoms with Crippen molar-refractivity contribution in [2.75, 3.05) is 27.8 Å². The Morgan fingerprint density at radius 3 is 2.31 bits per heavy atom. The Morgan fingerprint density at radius 1 is 1.04 bits per heavy atom. The van der Waals surface area contributed by atoms with Crippen molar-refractivity contribution in [2.45, 2.75) is 13.0 Å². The van der Waals surface area contributed by atoms with Gasteiger partial charge >= 0.3 is 0 Å². The van der Waals surface area contributed by atoms with Crippen LogP contribution in [0.2, 0.25) is 0 Å². The molecule has 26 heavy (non-hydrogen) atoms. The highest BCUT2D eigenvalue weighted by molar-refractivity contribution is 5.93. The van der Waals surface area contributed by atoms with Crippen molar-refractivity contribution in [3.8, 4) is 11.5 Å². The average Bonchev–Trinajstić information content (AvgIpc) is 2.68. The second-order valence-electron chi connectivity index (χ2n) is 5.78. The number of nitrogens with one attached hydrogen (secondary N) is 1. The molecule has 1 N–H and O–H groups in total. The minimum atomic E-state index is -0.130. The van der Waals surface area contributed by atoms with E-state index in [9.17, 15) is 9.59 Å². The minimum Gasteiger partial charge on any atom is -0.493 e. The van der Waals surface area contributed by atoms with Gasteiger partial charge in [-0.2, -0.15) is 0 Å². The summed E-state index contributed by atoms with van der Waals surface area (Å²) in [6, 6.07) is 14.5. The molecule has 0 saturated heterocycles. The van der Waals surface area contributed by atoms with Crippen molar-refractivity contribution in [3.05, 3.63) is 59.7 Å². The number of benzene rings is 2. The lowest BCUT2D eigenvalue weighted by atomic mass is 10.1. The monoisotopic (exact) mass is 356 g/mol. The van der Waals surface area contributed by atoms with Crippen molar-refractivity contribution in [3.63, 3.8) is 0 Å². The molecule has 0 spiro atoms. The Balaban J connectivity index is 1.83. The highest BCUT2D eigenvalue weighted by Gasteiger charge is 2.11. The summed E-state index contributed by atoms with van der Waals surface area (Å²) < 4.78 is 10.9. The number of rotatable bonds is 8. The van der Waals surface area contributed by atoms with Gasteiger partial charge in [0.25, 0.3) is 5.91 Å². The summed E-state index contributed by atoms with van der Waals surface area (Å²) in [6.07, 6.45) is 0.269. The van der Waals surface area contributed by atoms with Gasteiger partial charge in [0.1, 0.15) is 0 Å². The molecule has 0 radical (unpaired) electrons. The van der Waals surface area contributed by atoms with E-state index in [1.54, 1.807) is 44.3 Å². The third-order valence-corrected chi connectivity index (χ3v) is 3.93. The molecule has 0 aliphatic rings. The molecule has 2 aromatic rings. The first-order valence-corrected chi connectivity index (χ1v) is 8.36. The van der Waals surface area contributed by atoms with Crippen LogP contribution in [0.5, 0.6) is 11.5 Å². The second-order valence-corrected chi connectivity index (χ2v) is 5.78. The quantitative estimate of drug-likeness (QED) is 0.789. The number of hydrogen-bond acceptors (Lipinski definition) is 4. The number of nitrogens with zero attached hydrogens (tertiary/aromatic N) is 1. The van der Waals surface area contributed by atoms with E-state index in [0.29, 0.717) is 23.6 Å². The first kappa shape index (κ1) is 19.3. The van der Waals surface area contributed by atoms with Crippen LogP contribution in [-0.4, -0.2) is 44.5 Å². The predicted molar refractivity (Wildman–Crippen MR) is 99.4 cm³/mol. The van der Waals surface area contributed by atoms with Crippen LogP contribution in [0.25, 0.3) is 0 Å². The normalized spacial score (nSPS) is 10.1. The Bertz CT molecular complexity index is 744. The maximum absolute atomic E-state index is 12.3. The molecular weight excluding hydrogens is 332 g/mol. The number of methoxy groups -OCH3 is 1. The molecule has 2 rings (SSSR count). The van der Waals surface area contributed by atoms with Gasteiger partial charge in [-0.15, -0.1) is 0 Å². The van der Waals surface area contributed by atoms with Gasteiger partial charge < -0.3 is 19.7 Å². The van der Waals surface area contributed by atoms with Crippen molar-refractivity contribution in [1.29, 1.82) is 0 Å². The second kappa shape index (κ2) is 9.46. The molecule has 6 nitrogen and oxygen atoms in total. The van der Waals surface area contributed by atoms with Gasteiger partial charge in [0.2, 0.25) is 5.91 Å². The smallest absolute Gasteiger partial charge is 0.251 e. The molecule has 0 atom stereocenters. The lowest BCUT2D eigenvalue weighted by Gasteiger charge is -2.18. The third-order valence-electron chi connectivity index (χ3n) is 3.93. The van der Waals surface area contributed by atoms with Crippen LogP contribution in [0.1, 0.15) is 22.3 Å². The Labute approximate surface area is 153 Å². The zero-order valence-electron chi connectivity index (χ0n) is 15.3. The highest BCUT2D eigenvalue weighted by atomic mass is 16.5. The van der Waals surface area contributed by atoms with Crippen LogP contribution in [0, 0.1) is 0 Å². The van der Waals surface area contributed by atoms with E-state index in [4.69, 9.17) is 9.47 Å². The molecule has 0 aromatic heterocycles. The average molecular weight is 356 g/mol. The molecule has 0 unspecified atom stereocenters. The van der Waals surface area contributed by atoms with Gasteiger partial charge in [-0.3, -0.25) is 9.59 Å². The number of amides is 2. The SMILES string of the molecule is CNC(=O)c1ccc(CN(C)C(=O)CCOc2ccccc2OC)cc1. The number of carbonyl (C=O) groups is 2. The molecule has 0 saturated carbocycles. The van der Waals surface area contributed by atoms with E-state index in [1.165, 1.54) is 0 Å². The molecule has 2 aromatic carbocycles. The van der Waals surface area contributed by atoms with Crippen LogP contribution >= 0.6 is 0 Å². The fraction of sp³-hybridized carbons (Fsp3) is 0.300. The fourth-order valence-electron chi connectivity index (χ4n) is 2.45.